The molecule has 0 aliphatic carbocycles. The first-order valence-corrected chi connectivity index (χ1v) is 12.3. The number of carbonyl (C=O) groups is 1. The molecule has 0 unspecified atom stereocenters. The lowest BCUT2D eigenvalue weighted by Gasteiger charge is -2.34. The highest BCUT2D eigenvalue weighted by Crippen LogP contribution is 2.28. The van der Waals surface area contributed by atoms with Crippen LogP contribution in [0.15, 0.2) is 53.5 Å². The van der Waals surface area contributed by atoms with Gasteiger partial charge in [0.15, 0.2) is 5.96 Å². The van der Waals surface area contributed by atoms with E-state index in [1.165, 1.54) is 22.4 Å². The molecule has 2 heterocycles. The molecule has 0 atom stereocenters. The van der Waals surface area contributed by atoms with E-state index in [0.29, 0.717) is 18.9 Å². The van der Waals surface area contributed by atoms with Gasteiger partial charge in [0, 0.05) is 51.9 Å². The van der Waals surface area contributed by atoms with E-state index in [1.54, 1.807) is 7.05 Å². The first-order chi connectivity index (χ1) is 16.2. The number of piperidine rings is 1. The maximum absolute atomic E-state index is 11.7. The number of benzene rings is 2. The normalized spacial score (nSPS) is 16.1. The lowest BCUT2D eigenvalue weighted by molar-refractivity contribution is -0.121. The molecule has 0 aromatic heterocycles. The van der Waals surface area contributed by atoms with Crippen molar-refractivity contribution < 1.29 is 4.79 Å². The quantitative estimate of drug-likeness (QED) is 0.296. The molecule has 0 bridgehead atoms. The van der Waals surface area contributed by atoms with E-state index in [4.69, 9.17) is 4.99 Å². The maximum atomic E-state index is 11.7. The highest BCUT2D eigenvalue weighted by molar-refractivity contribution is 14.0. The minimum atomic E-state index is 0. The number of para-hydroxylation sites is 1. The predicted molar refractivity (Wildman–Crippen MR) is 151 cm³/mol. The molecule has 0 spiro atoms. The Hall–Kier alpha value is -2.29. The molecule has 2 aliphatic heterocycles. The molecule has 2 N–H and O–H groups in total. The number of anilines is 1. The van der Waals surface area contributed by atoms with Crippen LogP contribution >= 0.6 is 24.0 Å². The van der Waals surface area contributed by atoms with E-state index in [-0.39, 0.29) is 29.9 Å². The Labute approximate surface area is 221 Å². The Morgan fingerprint density at radius 2 is 1.74 bits per heavy atom. The zero-order valence-corrected chi connectivity index (χ0v) is 22.8. The topological polar surface area (TPSA) is 60.0 Å². The molecule has 4 rings (SSSR count). The van der Waals surface area contributed by atoms with Gasteiger partial charge in [-0.3, -0.25) is 4.79 Å². The summed E-state index contributed by atoms with van der Waals surface area (Å²) in [4.78, 5) is 21.4. The van der Waals surface area contributed by atoms with Crippen molar-refractivity contribution >= 4 is 41.5 Å². The maximum Gasteiger partial charge on any atom is 0.220 e. The van der Waals surface area contributed by atoms with Crippen LogP contribution in [0, 0.1) is 5.92 Å². The molecule has 7 heteroatoms. The molecule has 0 saturated carbocycles. The average Bonchev–Trinajstić information content (AvgIpc) is 3.26. The van der Waals surface area contributed by atoms with E-state index in [2.05, 4.69) is 75.9 Å². The van der Waals surface area contributed by atoms with Crippen molar-refractivity contribution in [1.82, 2.24) is 15.5 Å². The molecule has 6 nitrogen and oxygen atoms in total. The molecule has 2 aromatic rings. The molecule has 1 saturated heterocycles. The van der Waals surface area contributed by atoms with Crippen molar-refractivity contribution in [2.75, 3.05) is 38.1 Å². The third-order valence-electron chi connectivity index (χ3n) is 6.79. The third kappa shape index (κ3) is 6.87. The molecule has 0 radical (unpaired) electrons. The van der Waals surface area contributed by atoms with Gasteiger partial charge in [-0.15, -0.1) is 24.0 Å². The van der Waals surface area contributed by atoms with Crippen molar-refractivity contribution in [3.63, 3.8) is 0 Å². The summed E-state index contributed by atoms with van der Waals surface area (Å²) >= 11 is 0. The summed E-state index contributed by atoms with van der Waals surface area (Å²) in [5.74, 6) is 1.60. The summed E-state index contributed by atoms with van der Waals surface area (Å²) < 4.78 is 0. The number of fused-ring (bicyclic) bond motifs is 1. The monoisotopic (exact) mass is 575 g/mol. The largest absolute Gasteiger partial charge is 0.367 e. The zero-order chi connectivity index (χ0) is 23.0. The Balaban J connectivity index is 0.00000324. The standard InChI is InChI=1S/C27H37N5O.HI/c1-3-29-27(31-15-12-21(13-16-31)18-26(33)28-2)30-19-22-8-10-23(11-9-22)20-32-17-14-24-6-4-5-7-25(24)32;/h4-11,21H,3,12-20H2,1-2H3,(H,28,33)(H,29,30);1H. The lowest BCUT2D eigenvalue weighted by atomic mass is 9.93. The lowest BCUT2D eigenvalue weighted by Crippen LogP contribution is -2.46. The highest BCUT2D eigenvalue weighted by Gasteiger charge is 2.23. The molecule has 184 valence electrons. The number of rotatable bonds is 7. The molecule has 1 fully saturated rings. The number of amides is 1. The highest BCUT2D eigenvalue weighted by atomic mass is 127. The summed E-state index contributed by atoms with van der Waals surface area (Å²) in [6.07, 6.45) is 3.84. The van der Waals surface area contributed by atoms with Gasteiger partial charge < -0.3 is 20.4 Å². The van der Waals surface area contributed by atoms with E-state index in [1.807, 2.05) is 0 Å². The first-order valence-electron chi connectivity index (χ1n) is 12.3. The molecular weight excluding hydrogens is 537 g/mol. The summed E-state index contributed by atoms with van der Waals surface area (Å²) in [7, 11) is 1.71. The van der Waals surface area contributed by atoms with Gasteiger partial charge in [-0.1, -0.05) is 42.5 Å². The van der Waals surface area contributed by atoms with E-state index >= 15 is 0 Å². The fraction of sp³-hybridized carbons (Fsp3) is 0.481. The minimum Gasteiger partial charge on any atom is -0.367 e. The van der Waals surface area contributed by atoms with E-state index in [9.17, 15) is 4.79 Å². The molecule has 1 amide bonds. The van der Waals surface area contributed by atoms with Gasteiger partial charge >= 0.3 is 0 Å². The Morgan fingerprint density at radius 3 is 2.44 bits per heavy atom. The van der Waals surface area contributed by atoms with Gasteiger partial charge in [0.05, 0.1) is 6.54 Å². The number of hydrogen-bond donors (Lipinski definition) is 2. The van der Waals surface area contributed by atoms with Gasteiger partial charge in [0.2, 0.25) is 5.91 Å². The van der Waals surface area contributed by atoms with Crippen molar-refractivity contribution in [3.8, 4) is 0 Å². The van der Waals surface area contributed by atoms with E-state index < -0.39 is 0 Å². The molecule has 34 heavy (non-hydrogen) atoms. The van der Waals surface area contributed by atoms with Crippen molar-refractivity contribution in [1.29, 1.82) is 0 Å². The van der Waals surface area contributed by atoms with Crippen molar-refractivity contribution in [3.05, 3.63) is 65.2 Å². The fourth-order valence-electron chi connectivity index (χ4n) is 4.85. The predicted octanol–water partition coefficient (Wildman–Crippen LogP) is 4.18. The first kappa shape index (κ1) is 26.3. The van der Waals surface area contributed by atoms with Crippen LogP contribution in [0.25, 0.3) is 0 Å². The molecular formula is C27H38IN5O. The zero-order valence-electron chi connectivity index (χ0n) is 20.4. The SMILES string of the molecule is CCNC(=NCc1ccc(CN2CCc3ccccc32)cc1)N1CCC(CC(=O)NC)CC1.I. The number of halogens is 1. The Bertz CT molecular complexity index is 954. The van der Waals surface area contributed by atoms with Gasteiger partial charge in [-0.05, 0) is 54.9 Å². The second kappa shape index (κ2) is 13.0. The summed E-state index contributed by atoms with van der Waals surface area (Å²) in [6.45, 7) is 7.58. The second-order valence-electron chi connectivity index (χ2n) is 9.09. The van der Waals surface area contributed by atoms with Crippen molar-refractivity contribution in [2.45, 2.75) is 45.7 Å². The fourth-order valence-corrected chi connectivity index (χ4v) is 4.85. The minimum absolute atomic E-state index is 0. The van der Waals surface area contributed by atoms with Gasteiger partial charge in [-0.25, -0.2) is 4.99 Å². The van der Waals surface area contributed by atoms with Crippen LogP contribution in [0.1, 0.15) is 42.9 Å². The van der Waals surface area contributed by atoms with Crippen LogP contribution < -0.4 is 15.5 Å². The van der Waals surface area contributed by atoms with Crippen LogP contribution in [0.3, 0.4) is 0 Å². The van der Waals surface area contributed by atoms with Gasteiger partial charge in [-0.2, -0.15) is 0 Å². The number of guanidine groups is 1. The van der Waals surface area contributed by atoms with Crippen LogP contribution in [0.4, 0.5) is 5.69 Å². The van der Waals surface area contributed by atoms with Gasteiger partial charge in [0.25, 0.3) is 0 Å². The third-order valence-corrected chi connectivity index (χ3v) is 6.79. The molecule has 2 aromatic carbocycles. The number of nitrogens with zero attached hydrogens (tertiary/aromatic N) is 3. The number of carbonyl (C=O) groups excluding carboxylic acids is 1. The van der Waals surface area contributed by atoms with Crippen LogP contribution in [0.5, 0.6) is 0 Å². The Morgan fingerprint density at radius 1 is 1.03 bits per heavy atom. The summed E-state index contributed by atoms with van der Waals surface area (Å²) in [5, 5.41) is 6.19. The average molecular weight is 576 g/mol. The van der Waals surface area contributed by atoms with Crippen LogP contribution in [-0.2, 0) is 24.3 Å². The second-order valence-corrected chi connectivity index (χ2v) is 9.09. The molecule has 2 aliphatic rings. The summed E-state index contributed by atoms with van der Waals surface area (Å²) in [5.41, 5.74) is 5.40. The van der Waals surface area contributed by atoms with Gasteiger partial charge in [0.1, 0.15) is 0 Å². The smallest absolute Gasteiger partial charge is 0.220 e. The van der Waals surface area contributed by atoms with E-state index in [0.717, 1.165) is 57.9 Å². The Kier molecular flexibility index (Phi) is 10.0. The summed E-state index contributed by atoms with van der Waals surface area (Å²) in [6, 6.07) is 17.6. The number of hydrogen-bond acceptors (Lipinski definition) is 3. The number of aliphatic imine (C=N–C) groups is 1. The van der Waals surface area contributed by atoms with Crippen LogP contribution in [-0.4, -0.2) is 50.0 Å². The van der Waals surface area contributed by atoms with Crippen molar-refractivity contribution in [2.24, 2.45) is 10.9 Å². The van der Waals surface area contributed by atoms with Crippen LogP contribution in [0.2, 0.25) is 0 Å². The number of likely N-dealkylation sites (tertiary alicyclic amines) is 1. The number of nitrogens with one attached hydrogen (secondary N) is 2.